The monoisotopic (exact) mass is 277 g/mol. The number of aryl methyl sites for hydroxylation is 1. The van der Waals surface area contributed by atoms with Crippen molar-refractivity contribution in [1.29, 1.82) is 0 Å². The maximum absolute atomic E-state index is 11.4. The van der Waals surface area contributed by atoms with Crippen LogP contribution in [0.4, 0.5) is 5.13 Å². The molecular formula is C13H15N3O2S. The van der Waals surface area contributed by atoms with Gasteiger partial charge in [-0.15, -0.1) is 10.2 Å². The predicted molar refractivity (Wildman–Crippen MR) is 74.4 cm³/mol. The highest BCUT2D eigenvalue weighted by atomic mass is 32.1. The summed E-state index contributed by atoms with van der Waals surface area (Å²) in [5.74, 6) is -0.427. The van der Waals surface area contributed by atoms with Crippen LogP contribution in [-0.4, -0.2) is 22.8 Å². The van der Waals surface area contributed by atoms with E-state index in [1.807, 2.05) is 6.92 Å². The summed E-state index contributed by atoms with van der Waals surface area (Å²) in [6.45, 7) is 4.80. The second-order valence-corrected chi connectivity index (χ2v) is 4.95. The Kier molecular flexibility index (Phi) is 4.46. The molecule has 0 atom stereocenters. The zero-order valence-corrected chi connectivity index (χ0v) is 11.7. The summed E-state index contributed by atoms with van der Waals surface area (Å²) in [6.07, 6.45) is 0. The highest BCUT2D eigenvalue weighted by Gasteiger charge is 2.13. The third-order valence-corrected chi connectivity index (χ3v) is 3.30. The number of aromatic nitrogens is 2. The lowest BCUT2D eigenvalue weighted by Crippen LogP contribution is -2.03. The molecule has 6 heteroatoms. The fraction of sp³-hybridized carbons (Fsp3) is 0.308. The van der Waals surface area contributed by atoms with Gasteiger partial charge in [-0.25, -0.2) is 4.79 Å². The molecule has 19 heavy (non-hydrogen) atoms. The van der Waals surface area contributed by atoms with Gasteiger partial charge in [0.1, 0.15) is 0 Å². The molecule has 1 aromatic carbocycles. The third kappa shape index (κ3) is 3.75. The summed E-state index contributed by atoms with van der Waals surface area (Å²) in [7, 11) is 0. The number of ether oxygens (including phenoxy) is 1. The molecule has 2 aromatic rings. The highest BCUT2D eigenvalue weighted by molar-refractivity contribution is 7.17. The third-order valence-electron chi connectivity index (χ3n) is 2.44. The average Bonchev–Trinajstić information content (AvgIpc) is 2.87. The summed E-state index contributed by atoms with van der Waals surface area (Å²) >= 11 is 1.20. The van der Waals surface area contributed by atoms with Gasteiger partial charge in [0.15, 0.2) is 0 Å². The summed E-state index contributed by atoms with van der Waals surface area (Å²) in [5, 5.41) is 11.7. The van der Waals surface area contributed by atoms with E-state index in [4.69, 9.17) is 4.74 Å². The minimum absolute atomic E-state index is 0.272. The van der Waals surface area contributed by atoms with E-state index >= 15 is 0 Å². The van der Waals surface area contributed by atoms with E-state index in [2.05, 4.69) is 39.8 Å². The van der Waals surface area contributed by atoms with Gasteiger partial charge in [0.25, 0.3) is 0 Å². The molecule has 1 aromatic heterocycles. The molecule has 100 valence electrons. The Hall–Kier alpha value is -1.95. The van der Waals surface area contributed by atoms with Crippen LogP contribution < -0.4 is 5.32 Å². The van der Waals surface area contributed by atoms with E-state index in [1.165, 1.54) is 16.9 Å². The Morgan fingerprint density at radius 3 is 2.74 bits per heavy atom. The minimum Gasteiger partial charge on any atom is -0.461 e. The van der Waals surface area contributed by atoms with Gasteiger partial charge in [0, 0.05) is 6.54 Å². The molecular weight excluding hydrogens is 262 g/mol. The number of nitrogens with one attached hydrogen (secondary N) is 1. The van der Waals surface area contributed by atoms with Crippen molar-refractivity contribution < 1.29 is 9.53 Å². The van der Waals surface area contributed by atoms with Crippen LogP contribution in [-0.2, 0) is 11.3 Å². The van der Waals surface area contributed by atoms with E-state index in [1.54, 1.807) is 6.92 Å². The van der Waals surface area contributed by atoms with Crippen molar-refractivity contribution in [3.05, 3.63) is 40.4 Å². The zero-order chi connectivity index (χ0) is 13.7. The molecule has 1 N–H and O–H groups in total. The van der Waals surface area contributed by atoms with Crippen LogP contribution in [0.15, 0.2) is 24.3 Å². The Morgan fingerprint density at radius 2 is 2.05 bits per heavy atom. The van der Waals surface area contributed by atoms with Crippen molar-refractivity contribution in [2.24, 2.45) is 0 Å². The maximum atomic E-state index is 11.4. The van der Waals surface area contributed by atoms with Crippen molar-refractivity contribution in [2.45, 2.75) is 20.4 Å². The van der Waals surface area contributed by atoms with Crippen molar-refractivity contribution in [2.75, 3.05) is 11.9 Å². The molecule has 0 aliphatic rings. The van der Waals surface area contributed by atoms with E-state index in [0.29, 0.717) is 18.3 Å². The number of benzene rings is 1. The van der Waals surface area contributed by atoms with Crippen LogP contribution in [0.2, 0.25) is 0 Å². The number of carbonyl (C=O) groups is 1. The number of carbonyl (C=O) groups excluding carboxylic acids is 1. The first-order chi connectivity index (χ1) is 9.19. The van der Waals surface area contributed by atoms with Gasteiger partial charge in [-0.1, -0.05) is 41.2 Å². The summed E-state index contributed by atoms with van der Waals surface area (Å²) in [4.78, 5) is 11.4. The Labute approximate surface area is 115 Å². The van der Waals surface area contributed by atoms with Gasteiger partial charge >= 0.3 is 5.97 Å². The van der Waals surface area contributed by atoms with Crippen LogP contribution in [0.3, 0.4) is 0 Å². The molecule has 0 unspecified atom stereocenters. The molecule has 2 rings (SSSR count). The van der Waals surface area contributed by atoms with Gasteiger partial charge < -0.3 is 10.1 Å². The first-order valence-corrected chi connectivity index (χ1v) is 6.80. The van der Waals surface area contributed by atoms with Gasteiger partial charge in [0.05, 0.1) is 6.61 Å². The van der Waals surface area contributed by atoms with Crippen molar-refractivity contribution in [1.82, 2.24) is 10.2 Å². The van der Waals surface area contributed by atoms with Gasteiger partial charge in [-0.05, 0) is 19.4 Å². The lowest BCUT2D eigenvalue weighted by molar-refractivity contribution is 0.0525. The van der Waals surface area contributed by atoms with Crippen LogP contribution in [0.1, 0.15) is 27.9 Å². The van der Waals surface area contributed by atoms with E-state index in [0.717, 1.165) is 5.56 Å². The summed E-state index contributed by atoms with van der Waals surface area (Å²) < 4.78 is 4.86. The Bertz CT molecular complexity index is 551. The van der Waals surface area contributed by atoms with Crippen molar-refractivity contribution >= 4 is 22.4 Å². The lowest BCUT2D eigenvalue weighted by Gasteiger charge is -2.02. The normalized spacial score (nSPS) is 10.2. The van der Waals surface area contributed by atoms with Crippen molar-refractivity contribution in [3.63, 3.8) is 0 Å². The molecule has 0 radical (unpaired) electrons. The first kappa shape index (κ1) is 13.5. The smallest absolute Gasteiger partial charge is 0.369 e. The topological polar surface area (TPSA) is 64.1 Å². The van der Waals surface area contributed by atoms with Gasteiger partial charge in [-0.3, -0.25) is 0 Å². The van der Waals surface area contributed by atoms with Crippen molar-refractivity contribution in [3.8, 4) is 0 Å². The lowest BCUT2D eigenvalue weighted by atomic mass is 10.1. The van der Waals surface area contributed by atoms with Crippen LogP contribution in [0.25, 0.3) is 0 Å². The Morgan fingerprint density at radius 1 is 1.32 bits per heavy atom. The minimum atomic E-state index is -0.427. The molecule has 0 bridgehead atoms. The van der Waals surface area contributed by atoms with E-state index < -0.39 is 5.97 Å². The van der Waals surface area contributed by atoms with Crippen LogP contribution in [0, 0.1) is 6.92 Å². The maximum Gasteiger partial charge on any atom is 0.369 e. The molecule has 1 heterocycles. The highest BCUT2D eigenvalue weighted by Crippen LogP contribution is 2.17. The zero-order valence-electron chi connectivity index (χ0n) is 10.8. The van der Waals surface area contributed by atoms with E-state index in [9.17, 15) is 4.79 Å². The van der Waals surface area contributed by atoms with Gasteiger partial charge in [-0.2, -0.15) is 0 Å². The largest absolute Gasteiger partial charge is 0.461 e. The molecule has 0 spiro atoms. The second kappa shape index (κ2) is 6.29. The quantitative estimate of drug-likeness (QED) is 0.851. The molecule has 5 nitrogen and oxygen atoms in total. The number of hydrogen-bond acceptors (Lipinski definition) is 6. The fourth-order valence-corrected chi connectivity index (χ4v) is 2.09. The summed E-state index contributed by atoms with van der Waals surface area (Å²) in [6, 6.07) is 8.22. The standard InChI is InChI=1S/C13H15N3O2S/c1-3-18-12(17)11-15-16-13(19-11)14-8-10-6-4-9(2)5-7-10/h4-7H,3,8H2,1-2H3,(H,14,16). The number of anilines is 1. The molecule has 0 saturated carbocycles. The molecule has 0 aliphatic heterocycles. The second-order valence-electron chi connectivity index (χ2n) is 3.97. The van der Waals surface area contributed by atoms with Crippen LogP contribution in [0.5, 0.6) is 0 Å². The number of hydrogen-bond donors (Lipinski definition) is 1. The van der Waals surface area contributed by atoms with Gasteiger partial charge in [0.2, 0.25) is 10.1 Å². The molecule has 0 saturated heterocycles. The van der Waals surface area contributed by atoms with Crippen LogP contribution >= 0.6 is 11.3 Å². The Balaban J connectivity index is 1.93. The fourth-order valence-electron chi connectivity index (χ4n) is 1.45. The number of esters is 1. The first-order valence-electron chi connectivity index (χ1n) is 5.99. The molecule has 0 aliphatic carbocycles. The average molecular weight is 277 g/mol. The molecule has 0 fully saturated rings. The molecule has 0 amide bonds. The summed E-state index contributed by atoms with van der Waals surface area (Å²) in [5.41, 5.74) is 2.38. The number of rotatable bonds is 5. The SMILES string of the molecule is CCOC(=O)c1nnc(NCc2ccc(C)cc2)s1. The predicted octanol–water partition coefficient (Wildman–Crippen LogP) is 2.64. The van der Waals surface area contributed by atoms with E-state index in [-0.39, 0.29) is 5.01 Å². The number of nitrogens with zero attached hydrogens (tertiary/aromatic N) is 2.